The van der Waals surface area contributed by atoms with Crippen LogP contribution in [0.5, 0.6) is 0 Å². The Labute approximate surface area is 184 Å². The van der Waals surface area contributed by atoms with Crippen LogP contribution in [0.4, 0.5) is 8.78 Å². The lowest BCUT2D eigenvalue weighted by molar-refractivity contribution is -0.149. The molecule has 0 spiro atoms. The Balaban J connectivity index is 2.03. The monoisotopic (exact) mass is 449 g/mol. The Morgan fingerprint density at radius 2 is 1.81 bits per heavy atom. The minimum Gasteiger partial charge on any atom is -0.381 e. The van der Waals surface area contributed by atoms with Gasteiger partial charge >= 0.3 is 0 Å². The van der Waals surface area contributed by atoms with Gasteiger partial charge in [0, 0.05) is 24.2 Å². The zero-order valence-electron chi connectivity index (χ0n) is 17.7. The van der Waals surface area contributed by atoms with E-state index >= 15 is 0 Å². The minimum atomic E-state index is -3.35. The van der Waals surface area contributed by atoms with Gasteiger partial charge in [0.2, 0.25) is 0 Å². The lowest BCUT2D eigenvalue weighted by atomic mass is 9.95. The number of nitrogens with zero attached hydrogens (tertiary/aromatic N) is 1. The molecule has 0 bridgehead atoms. The first-order valence-corrected chi connectivity index (χ1v) is 9.85. The van der Waals surface area contributed by atoms with Gasteiger partial charge in [0.05, 0.1) is 19.3 Å². The van der Waals surface area contributed by atoms with Gasteiger partial charge in [-0.25, -0.2) is 14.3 Å². The van der Waals surface area contributed by atoms with E-state index in [1.165, 1.54) is 24.3 Å². The maximum absolute atomic E-state index is 13.1. The number of carbonyl (C=O) groups is 2. The summed E-state index contributed by atoms with van der Waals surface area (Å²) in [4.78, 5) is 26.2. The summed E-state index contributed by atoms with van der Waals surface area (Å²) in [7, 11) is 0. The van der Waals surface area contributed by atoms with Gasteiger partial charge in [-0.3, -0.25) is 19.7 Å². The summed E-state index contributed by atoms with van der Waals surface area (Å²) in [5.74, 6) is 9.17. The van der Waals surface area contributed by atoms with Crippen LogP contribution in [0.3, 0.4) is 0 Å². The molecule has 0 aliphatic carbocycles. The van der Waals surface area contributed by atoms with Crippen molar-refractivity contribution in [3.05, 3.63) is 35.4 Å². The first-order chi connectivity index (χ1) is 15.2. The van der Waals surface area contributed by atoms with Crippen molar-refractivity contribution in [1.29, 1.82) is 0 Å². The normalized spacial score (nSPS) is 17.6. The van der Waals surface area contributed by atoms with Crippen LogP contribution in [0.15, 0.2) is 24.3 Å². The third-order valence-corrected chi connectivity index (χ3v) is 4.96. The number of morpholine rings is 1. The number of carbonyl (C=O) groups excluding carboxylic acids is 2. The van der Waals surface area contributed by atoms with Crippen molar-refractivity contribution in [2.45, 2.75) is 38.0 Å². The molecule has 1 saturated heterocycles. The van der Waals surface area contributed by atoms with Gasteiger partial charge in [-0.15, -0.1) is 0 Å². The molecule has 1 aromatic carbocycles. The average molecular weight is 449 g/mol. The summed E-state index contributed by atoms with van der Waals surface area (Å²) >= 11 is 0. The van der Waals surface area contributed by atoms with E-state index < -0.39 is 29.9 Å². The summed E-state index contributed by atoms with van der Waals surface area (Å²) < 4.78 is 31.4. The summed E-state index contributed by atoms with van der Waals surface area (Å²) in [6.07, 6.45) is -3.35. The molecule has 1 unspecified atom stereocenters. The number of nitrogens with one attached hydrogen (secondary N) is 2. The fourth-order valence-electron chi connectivity index (χ4n) is 2.89. The number of hydrogen-bond donors (Lipinski definition) is 4. The summed E-state index contributed by atoms with van der Waals surface area (Å²) in [6, 6.07) is 3.79. The quantitative estimate of drug-likeness (QED) is 0.284. The highest BCUT2D eigenvalue weighted by Gasteiger charge is 2.46. The van der Waals surface area contributed by atoms with Crippen LogP contribution >= 0.6 is 0 Å². The van der Waals surface area contributed by atoms with Crippen LogP contribution in [0.2, 0.25) is 0 Å². The number of ether oxygens (including phenoxy) is 1. The maximum Gasteiger partial charge on any atom is 0.269 e. The Morgan fingerprint density at radius 1 is 1.19 bits per heavy atom. The molecule has 4 N–H and O–H groups in total. The van der Waals surface area contributed by atoms with Crippen LogP contribution in [0.25, 0.3) is 0 Å². The van der Waals surface area contributed by atoms with Crippen molar-refractivity contribution in [3.63, 3.8) is 0 Å². The Hall–Kier alpha value is -3.02. The Morgan fingerprint density at radius 3 is 2.38 bits per heavy atom. The van der Waals surface area contributed by atoms with Crippen molar-refractivity contribution < 1.29 is 33.4 Å². The minimum absolute atomic E-state index is 0.0448. The Kier molecular flexibility index (Phi) is 9.12. The smallest absolute Gasteiger partial charge is 0.269 e. The first-order valence-electron chi connectivity index (χ1n) is 9.85. The zero-order chi connectivity index (χ0) is 23.7. The standard InChI is InChI=1S/C22H25F2N3O5/c1-15(27-11-13-32-14-12-27)5-3-4-6-16-7-9-17(10-8-16)19(28)25-18(20(29)26-31)22(2,30)21(23)24/h7-10,15,18,21,30-31H,11-14H2,1-2H3,(H,25,28)(H,26,29)/t15?,18-,22+/m1/s1. The van der Waals surface area contributed by atoms with Crippen LogP contribution < -0.4 is 10.8 Å². The molecule has 2 rings (SSSR count). The van der Waals surface area contributed by atoms with E-state index in [0.29, 0.717) is 25.7 Å². The number of benzene rings is 1. The second kappa shape index (κ2) is 11.6. The number of halogens is 2. The van der Waals surface area contributed by atoms with Gasteiger partial charge in [-0.2, -0.15) is 0 Å². The van der Waals surface area contributed by atoms with Crippen LogP contribution in [0.1, 0.15) is 29.8 Å². The Bertz CT molecular complexity index is 923. The third kappa shape index (κ3) is 6.74. The second-order valence-electron chi connectivity index (χ2n) is 7.33. The van der Waals surface area contributed by atoms with Gasteiger partial charge in [-0.1, -0.05) is 11.8 Å². The largest absolute Gasteiger partial charge is 0.381 e. The van der Waals surface area contributed by atoms with E-state index in [2.05, 4.69) is 28.6 Å². The highest BCUT2D eigenvalue weighted by atomic mass is 19.3. The molecule has 172 valence electrons. The van der Waals surface area contributed by atoms with Gasteiger partial charge in [0.25, 0.3) is 18.2 Å². The van der Waals surface area contributed by atoms with Gasteiger partial charge < -0.3 is 15.2 Å². The third-order valence-electron chi connectivity index (χ3n) is 4.96. The topological polar surface area (TPSA) is 111 Å². The molecule has 1 heterocycles. The molecule has 10 heteroatoms. The van der Waals surface area contributed by atoms with E-state index in [1.807, 2.05) is 12.2 Å². The fraction of sp³-hybridized carbons (Fsp3) is 0.455. The molecule has 0 aromatic heterocycles. The van der Waals surface area contributed by atoms with Crippen molar-refractivity contribution in [1.82, 2.24) is 15.7 Å². The predicted molar refractivity (Wildman–Crippen MR) is 111 cm³/mol. The average Bonchev–Trinajstić information content (AvgIpc) is 2.80. The van der Waals surface area contributed by atoms with Gasteiger partial charge in [0.15, 0.2) is 5.60 Å². The van der Waals surface area contributed by atoms with E-state index in [-0.39, 0.29) is 11.6 Å². The summed E-state index contributed by atoms with van der Waals surface area (Å²) in [5, 5.41) is 20.6. The molecule has 1 fully saturated rings. The lowest BCUT2D eigenvalue weighted by Gasteiger charge is -2.30. The van der Waals surface area contributed by atoms with E-state index in [1.54, 1.807) is 0 Å². The predicted octanol–water partition coefficient (Wildman–Crippen LogP) is 0.382. The van der Waals surface area contributed by atoms with Crippen molar-refractivity contribution in [3.8, 4) is 23.7 Å². The molecule has 0 saturated carbocycles. The van der Waals surface area contributed by atoms with Crippen molar-refractivity contribution in [2.75, 3.05) is 26.3 Å². The van der Waals surface area contributed by atoms with Crippen molar-refractivity contribution in [2.24, 2.45) is 0 Å². The lowest BCUT2D eigenvalue weighted by Crippen LogP contribution is -2.61. The number of alkyl halides is 2. The van der Waals surface area contributed by atoms with E-state index in [9.17, 15) is 23.5 Å². The molecular weight excluding hydrogens is 424 g/mol. The molecule has 1 aromatic rings. The number of hydroxylamine groups is 1. The van der Waals surface area contributed by atoms with Crippen LogP contribution in [-0.4, -0.2) is 77.4 Å². The molecule has 32 heavy (non-hydrogen) atoms. The highest BCUT2D eigenvalue weighted by molar-refractivity contribution is 5.97. The number of hydrogen-bond acceptors (Lipinski definition) is 6. The van der Waals surface area contributed by atoms with Crippen LogP contribution in [0, 0.1) is 23.7 Å². The molecule has 0 radical (unpaired) electrons. The maximum atomic E-state index is 13.1. The summed E-state index contributed by atoms with van der Waals surface area (Å²) in [5.41, 5.74) is -1.12. The first kappa shape index (κ1) is 25.2. The fourth-order valence-corrected chi connectivity index (χ4v) is 2.89. The molecule has 3 atom stereocenters. The summed E-state index contributed by atoms with van der Waals surface area (Å²) in [6.45, 7) is 5.67. The number of rotatable bonds is 6. The molecule has 1 aliphatic rings. The second-order valence-corrected chi connectivity index (χ2v) is 7.33. The van der Waals surface area contributed by atoms with Crippen LogP contribution in [-0.2, 0) is 9.53 Å². The van der Waals surface area contributed by atoms with E-state index in [4.69, 9.17) is 9.94 Å². The van der Waals surface area contributed by atoms with E-state index in [0.717, 1.165) is 18.6 Å². The zero-order valence-corrected chi connectivity index (χ0v) is 17.7. The highest BCUT2D eigenvalue weighted by Crippen LogP contribution is 2.20. The number of aliphatic hydroxyl groups is 1. The SMILES string of the molecule is CC(C#CC#Cc1ccc(C(=O)N[C@H](C(=O)NO)[C@](C)(O)C(F)F)cc1)N1CCOCC1. The number of amides is 2. The molecule has 1 aliphatic heterocycles. The van der Waals surface area contributed by atoms with Gasteiger partial charge in [-0.05, 0) is 50.0 Å². The van der Waals surface area contributed by atoms with Gasteiger partial charge in [0.1, 0.15) is 6.04 Å². The molecule has 2 amide bonds. The molecular formula is C22H25F2N3O5. The molecule has 8 nitrogen and oxygen atoms in total. The van der Waals surface area contributed by atoms with Crippen molar-refractivity contribution >= 4 is 11.8 Å².